The fraction of sp³-hybridized carbons (Fsp3) is 0.394. The molecule has 3 atom stereocenters. The average molecular weight is 1300 g/mol. The number of fused-ring (bicyclic) bond motifs is 4. The molecule has 0 heteroatoms. The third kappa shape index (κ3) is 15.7. The van der Waals surface area contributed by atoms with Crippen molar-refractivity contribution < 1.29 is 0 Å². The van der Waals surface area contributed by atoms with Gasteiger partial charge >= 0.3 is 0 Å². The molecule has 506 valence electrons. The van der Waals surface area contributed by atoms with Gasteiger partial charge in [-0.2, -0.15) is 0 Å². The van der Waals surface area contributed by atoms with Gasteiger partial charge in [0.2, 0.25) is 0 Å². The fourth-order valence-corrected chi connectivity index (χ4v) is 19.7. The number of hydrogen-bond donors (Lipinski definition) is 0. The Balaban J connectivity index is 0.000000122. The lowest BCUT2D eigenvalue weighted by Crippen LogP contribution is -2.24. The molecule has 0 nitrogen and oxygen atoms in total. The molecule has 0 aliphatic heterocycles. The minimum absolute atomic E-state index is 0.395. The second-order valence-corrected chi connectivity index (χ2v) is 32.3. The van der Waals surface area contributed by atoms with Crippen LogP contribution < -0.4 is 0 Å². The molecule has 4 saturated carbocycles. The highest BCUT2D eigenvalue weighted by molar-refractivity contribution is 5.82. The summed E-state index contributed by atoms with van der Waals surface area (Å²) in [4.78, 5) is 0. The van der Waals surface area contributed by atoms with Crippen LogP contribution in [0.4, 0.5) is 0 Å². The second-order valence-electron chi connectivity index (χ2n) is 32.3. The molecule has 0 radical (unpaired) electrons. The second kappa shape index (κ2) is 31.4. The number of benzene rings is 6. The molecule has 11 aliphatic carbocycles. The van der Waals surface area contributed by atoms with Crippen LogP contribution in [0.2, 0.25) is 0 Å². The van der Waals surface area contributed by atoms with Gasteiger partial charge in [-0.05, 0) is 281 Å². The van der Waals surface area contributed by atoms with Crippen molar-refractivity contribution in [1.82, 2.24) is 0 Å². The third-order valence-corrected chi connectivity index (χ3v) is 25.7. The average Bonchev–Trinajstić information content (AvgIpc) is 1.71. The predicted molar refractivity (Wildman–Crippen MR) is 423 cm³/mol. The van der Waals surface area contributed by atoms with Gasteiger partial charge in [0.05, 0.1) is 0 Å². The van der Waals surface area contributed by atoms with Crippen molar-refractivity contribution in [3.05, 3.63) is 336 Å². The van der Waals surface area contributed by atoms with Gasteiger partial charge in [-0.1, -0.05) is 301 Å². The van der Waals surface area contributed by atoms with E-state index < -0.39 is 0 Å². The van der Waals surface area contributed by atoms with Gasteiger partial charge in [0, 0.05) is 17.8 Å². The third-order valence-electron chi connectivity index (χ3n) is 25.7. The number of aryl methyl sites for hydroxylation is 4. The van der Waals surface area contributed by atoms with E-state index in [4.69, 9.17) is 0 Å². The van der Waals surface area contributed by atoms with E-state index in [1.807, 2.05) is 0 Å². The largest absolute Gasteiger partial charge is 0.0726 e. The summed E-state index contributed by atoms with van der Waals surface area (Å²) in [5.74, 6) is 7.53. The molecule has 0 heterocycles. The minimum atomic E-state index is 0.395. The number of hydrogen-bond acceptors (Lipinski definition) is 0. The van der Waals surface area contributed by atoms with E-state index in [2.05, 4.69) is 258 Å². The monoisotopic (exact) mass is 1300 g/mol. The molecule has 6 aromatic rings. The van der Waals surface area contributed by atoms with E-state index in [1.165, 1.54) is 236 Å². The van der Waals surface area contributed by atoms with Crippen molar-refractivity contribution in [2.75, 3.05) is 0 Å². The molecular formula is C99H110. The molecule has 99 heavy (non-hydrogen) atoms. The van der Waals surface area contributed by atoms with Gasteiger partial charge in [-0.25, -0.2) is 0 Å². The normalized spacial score (nSPS) is 24.6. The number of allylic oxidation sites excluding steroid dienone is 24. The van der Waals surface area contributed by atoms with Gasteiger partial charge in [0.1, 0.15) is 0 Å². The Kier molecular flexibility index (Phi) is 21.3. The minimum Gasteiger partial charge on any atom is -0.0726 e. The van der Waals surface area contributed by atoms with E-state index in [-0.39, 0.29) is 0 Å². The Morgan fingerprint density at radius 2 is 0.838 bits per heavy atom. The maximum atomic E-state index is 2.47. The maximum absolute atomic E-state index is 2.47. The van der Waals surface area contributed by atoms with Crippen molar-refractivity contribution in [2.45, 2.75) is 200 Å². The summed E-state index contributed by atoms with van der Waals surface area (Å²) in [5, 5.41) is 0. The summed E-state index contributed by atoms with van der Waals surface area (Å²) < 4.78 is 0. The Labute approximate surface area is 596 Å². The first kappa shape index (κ1) is 67.0. The fourth-order valence-electron chi connectivity index (χ4n) is 19.7. The van der Waals surface area contributed by atoms with Gasteiger partial charge < -0.3 is 0 Å². The predicted octanol–water partition coefficient (Wildman–Crippen LogP) is 26.1. The van der Waals surface area contributed by atoms with E-state index in [0.29, 0.717) is 17.8 Å². The van der Waals surface area contributed by atoms with Crippen LogP contribution in [0.5, 0.6) is 0 Å². The highest BCUT2D eigenvalue weighted by Gasteiger charge is 2.32. The summed E-state index contributed by atoms with van der Waals surface area (Å²) in [7, 11) is 0. The Morgan fingerprint density at radius 3 is 1.39 bits per heavy atom. The molecule has 0 bridgehead atoms. The highest BCUT2D eigenvalue weighted by atomic mass is 14.4. The van der Waals surface area contributed by atoms with E-state index in [1.54, 1.807) is 27.8 Å². The first-order valence-corrected chi connectivity index (χ1v) is 39.6. The molecule has 17 rings (SSSR count). The van der Waals surface area contributed by atoms with Crippen LogP contribution in [0.15, 0.2) is 264 Å². The molecule has 0 spiro atoms. The quantitative estimate of drug-likeness (QED) is 0.0961. The Hall–Kier alpha value is -7.80. The molecule has 4 fully saturated rings. The van der Waals surface area contributed by atoms with Crippen LogP contribution in [0.1, 0.15) is 220 Å². The molecule has 0 aromatic heterocycles. The van der Waals surface area contributed by atoms with E-state index in [0.717, 1.165) is 60.7 Å². The lowest BCUT2D eigenvalue weighted by Gasteiger charge is -2.36. The lowest BCUT2D eigenvalue weighted by atomic mass is 9.70. The number of rotatable bonds is 15. The van der Waals surface area contributed by atoms with E-state index >= 15 is 0 Å². The van der Waals surface area contributed by atoms with Crippen molar-refractivity contribution >= 4 is 16.7 Å². The van der Waals surface area contributed by atoms with Crippen LogP contribution in [0.3, 0.4) is 0 Å². The zero-order valence-electron chi connectivity index (χ0n) is 60.4. The van der Waals surface area contributed by atoms with Crippen molar-refractivity contribution in [3.63, 3.8) is 0 Å². The Bertz CT molecular complexity index is 4220. The SMILES string of the molecule is C1=CC2C(=C1)C(Cc1ccc(CC3CCC(C4CCCCC4)CC3)cc1)=CC=C2c1ccc2c(c1)CCC2.Cc1cccc(C2=CC=C(Cc3ccc(C4CCCCC4)cc3)C3=CC=CC32)c1.Cc1ccccc1C1=CC=C(Cc2ccc(C3CCC(C(C)C)CC3)cc2)C2=CC=CC21. The molecule has 0 N–H and O–H groups in total. The van der Waals surface area contributed by atoms with Crippen LogP contribution in [0, 0.1) is 61.2 Å². The van der Waals surface area contributed by atoms with Gasteiger partial charge in [-0.3, -0.25) is 0 Å². The van der Waals surface area contributed by atoms with Crippen LogP contribution in [-0.2, 0) is 38.5 Å². The van der Waals surface area contributed by atoms with Crippen LogP contribution >= 0.6 is 0 Å². The molecule has 0 saturated heterocycles. The van der Waals surface area contributed by atoms with Crippen molar-refractivity contribution in [2.24, 2.45) is 47.3 Å². The smallest absolute Gasteiger partial charge is 0.0281 e. The highest BCUT2D eigenvalue weighted by Crippen LogP contribution is 2.47. The summed E-state index contributed by atoms with van der Waals surface area (Å²) in [5.41, 5.74) is 32.1. The topological polar surface area (TPSA) is 0 Å². The molecule has 0 amide bonds. The summed E-state index contributed by atoms with van der Waals surface area (Å²) >= 11 is 0. The summed E-state index contributed by atoms with van der Waals surface area (Å²) in [6, 6.07) is 53.6. The lowest BCUT2D eigenvalue weighted by molar-refractivity contribution is 0.167. The van der Waals surface area contributed by atoms with Crippen LogP contribution in [0.25, 0.3) is 16.7 Å². The zero-order chi connectivity index (χ0) is 67.0. The Morgan fingerprint density at radius 1 is 0.354 bits per heavy atom. The van der Waals surface area contributed by atoms with Gasteiger partial charge in [0.15, 0.2) is 0 Å². The first-order valence-electron chi connectivity index (χ1n) is 39.6. The standard InChI is InChI=1S/C38H44.C32H36.C29H30/c1-2-6-30(7-3-1)32-18-16-28(17-19-32)24-27-12-14-29(15-13-27)25-34-22-23-37(38-11-5-10-36(34)38)35-21-20-31-8-4-9-33(31)26-35;1-22(2)25-15-17-27(18-16-25)26-13-11-24(12-14-26)21-28-19-20-32(31-10-6-9-30(28)31)29-8-5-4-7-23(29)3;1-21-7-5-10-25(19-21)28-18-17-26(27-11-6-12-29(27)28)20-22-13-15-24(16-14-22)23-8-3-2-4-9-23/h5,10-15,20-23,26,28,30,32,38H,1-4,6-9,16-19,24-25H2;4-14,19-20,22,25,27,31H,15-18,21H2,1-3H3;5-7,10-19,23,29H,2-4,8-9,20H2,1H3. The van der Waals surface area contributed by atoms with E-state index in [9.17, 15) is 0 Å². The molecule has 11 aliphatic rings. The van der Waals surface area contributed by atoms with Crippen LogP contribution in [-0.4, -0.2) is 0 Å². The zero-order valence-corrected chi connectivity index (χ0v) is 60.4. The molecule has 3 unspecified atom stereocenters. The first-order chi connectivity index (χ1) is 48.7. The van der Waals surface area contributed by atoms with Crippen molar-refractivity contribution in [3.8, 4) is 0 Å². The van der Waals surface area contributed by atoms with Crippen molar-refractivity contribution in [1.29, 1.82) is 0 Å². The maximum Gasteiger partial charge on any atom is 0.0281 e. The summed E-state index contributed by atoms with van der Waals surface area (Å²) in [6.07, 6.45) is 69.1. The summed E-state index contributed by atoms with van der Waals surface area (Å²) in [6.45, 7) is 9.16. The van der Waals surface area contributed by atoms with Gasteiger partial charge in [0.25, 0.3) is 0 Å². The molecule has 6 aromatic carbocycles. The van der Waals surface area contributed by atoms with Gasteiger partial charge in [-0.15, -0.1) is 0 Å². The molecular weight excluding hydrogens is 1190 g/mol.